The van der Waals surface area contributed by atoms with Crippen molar-refractivity contribution in [3.63, 3.8) is 0 Å². The van der Waals surface area contributed by atoms with Gasteiger partial charge in [-0.3, -0.25) is 24.4 Å². The first kappa shape index (κ1) is 21.7. The third kappa shape index (κ3) is 2.77. The first-order valence-corrected chi connectivity index (χ1v) is 11.7. The normalized spacial score (nSPS) is 34.0. The molecular weight excluding hydrogens is 448 g/mol. The van der Waals surface area contributed by atoms with Gasteiger partial charge in [-0.25, -0.2) is 4.90 Å². The van der Waals surface area contributed by atoms with E-state index in [2.05, 4.69) is 0 Å². The lowest BCUT2D eigenvalue weighted by molar-refractivity contribution is -0.173. The third-order valence-corrected chi connectivity index (χ3v) is 8.47. The quantitative estimate of drug-likeness (QED) is 0.395. The van der Waals surface area contributed by atoms with Gasteiger partial charge in [-0.15, -0.1) is 0 Å². The molecule has 3 fully saturated rings. The minimum absolute atomic E-state index is 0.0319. The molecule has 2 aliphatic heterocycles. The Bertz CT molecular complexity index is 1320. The van der Waals surface area contributed by atoms with E-state index in [-0.39, 0.29) is 35.5 Å². The van der Waals surface area contributed by atoms with Crippen molar-refractivity contribution in [2.24, 2.45) is 29.1 Å². The first-order chi connectivity index (χ1) is 16.7. The molecule has 0 aromatic heterocycles. The highest BCUT2D eigenvalue weighted by molar-refractivity contribution is 6.24. The number of carbonyl (C=O) groups is 4. The number of hydrogen-bond acceptors (Lipinski definition) is 6. The van der Waals surface area contributed by atoms with E-state index in [0.29, 0.717) is 11.3 Å². The number of allylic oxidation sites excluding steroid dienone is 2. The topological polar surface area (TPSA) is 115 Å². The van der Waals surface area contributed by atoms with Gasteiger partial charge in [0.2, 0.25) is 11.8 Å². The zero-order chi connectivity index (χ0) is 24.6. The molecule has 0 unspecified atom stereocenters. The summed E-state index contributed by atoms with van der Waals surface area (Å²) in [6.45, 7) is 1.79. The predicted octanol–water partition coefficient (Wildman–Crippen LogP) is 3.01. The highest BCUT2D eigenvalue weighted by Gasteiger charge is 2.67. The summed E-state index contributed by atoms with van der Waals surface area (Å²) in [6.07, 6.45) is 2.38. The Morgan fingerprint density at radius 1 is 0.914 bits per heavy atom. The smallest absolute Gasteiger partial charge is 0.257 e. The molecule has 1 saturated carbocycles. The Labute approximate surface area is 201 Å². The molecule has 2 aliphatic carbocycles. The number of phenolic OH excluding ortho intramolecular Hbond substituents is 1. The summed E-state index contributed by atoms with van der Waals surface area (Å²) in [4.78, 5) is 54.6. The van der Waals surface area contributed by atoms with Gasteiger partial charge in [0.1, 0.15) is 5.75 Å². The molecule has 35 heavy (non-hydrogen) atoms. The van der Waals surface area contributed by atoms with Crippen LogP contribution in [0.4, 0.5) is 5.69 Å². The summed E-state index contributed by atoms with van der Waals surface area (Å²) in [5.41, 5.74) is 0.806. The maximum atomic E-state index is 14.1. The fourth-order valence-electron chi connectivity index (χ4n) is 6.91. The predicted molar refractivity (Wildman–Crippen MR) is 123 cm³/mol. The largest absolute Gasteiger partial charge is 0.508 e. The molecule has 0 bridgehead atoms. The summed E-state index contributed by atoms with van der Waals surface area (Å²) in [6, 6.07) is 15.4. The molecule has 178 valence electrons. The van der Waals surface area contributed by atoms with Crippen LogP contribution in [-0.2, 0) is 19.2 Å². The minimum atomic E-state index is -1.15. The first-order valence-electron chi connectivity index (χ1n) is 11.7. The molecule has 2 heterocycles. The zero-order valence-corrected chi connectivity index (χ0v) is 19.0. The zero-order valence-electron chi connectivity index (χ0n) is 19.0. The average molecular weight is 472 g/mol. The molecule has 6 atom stereocenters. The minimum Gasteiger partial charge on any atom is -0.508 e. The highest BCUT2D eigenvalue weighted by Crippen LogP contribution is 2.63. The van der Waals surface area contributed by atoms with E-state index in [1.54, 1.807) is 43.3 Å². The molecule has 2 aromatic carbocycles. The van der Waals surface area contributed by atoms with E-state index in [0.717, 1.165) is 5.57 Å². The van der Waals surface area contributed by atoms with Gasteiger partial charge in [0.05, 0.1) is 28.9 Å². The molecule has 2 aromatic rings. The third-order valence-electron chi connectivity index (χ3n) is 8.47. The number of amides is 4. The van der Waals surface area contributed by atoms with Crippen molar-refractivity contribution in [2.45, 2.75) is 25.7 Å². The molecule has 8 nitrogen and oxygen atoms in total. The lowest BCUT2D eigenvalue weighted by Gasteiger charge is -2.49. The van der Waals surface area contributed by atoms with Crippen molar-refractivity contribution in [1.29, 1.82) is 0 Å². The van der Waals surface area contributed by atoms with Crippen molar-refractivity contribution < 1.29 is 29.5 Å². The number of benzene rings is 2. The molecule has 6 rings (SSSR count). The van der Waals surface area contributed by atoms with Crippen LogP contribution in [0.25, 0.3) is 0 Å². The van der Waals surface area contributed by atoms with Gasteiger partial charge in [0.15, 0.2) is 0 Å². The van der Waals surface area contributed by atoms with Crippen molar-refractivity contribution in [1.82, 2.24) is 5.06 Å². The average Bonchev–Trinajstić information content (AvgIpc) is 3.19. The molecule has 8 heteroatoms. The molecule has 2 saturated heterocycles. The van der Waals surface area contributed by atoms with Crippen molar-refractivity contribution in [3.05, 3.63) is 71.8 Å². The molecule has 2 N–H and O–H groups in total. The Kier molecular flexibility index (Phi) is 4.57. The van der Waals surface area contributed by atoms with Crippen LogP contribution in [0.2, 0.25) is 0 Å². The maximum Gasteiger partial charge on any atom is 0.257 e. The summed E-state index contributed by atoms with van der Waals surface area (Å²) in [7, 11) is 0. The number of hydroxylamine groups is 2. The van der Waals surface area contributed by atoms with Gasteiger partial charge in [-0.2, -0.15) is 5.06 Å². The van der Waals surface area contributed by atoms with Gasteiger partial charge < -0.3 is 5.11 Å². The van der Waals surface area contributed by atoms with Gasteiger partial charge >= 0.3 is 0 Å². The number of para-hydroxylation sites is 1. The fraction of sp³-hybridized carbons (Fsp3) is 0.333. The molecule has 0 radical (unpaired) electrons. The number of imide groups is 2. The number of phenols is 1. The Morgan fingerprint density at radius 3 is 2.37 bits per heavy atom. The number of carbonyl (C=O) groups excluding carboxylic acids is 4. The number of rotatable bonds is 2. The Balaban J connectivity index is 1.54. The standard InChI is InChI=1S/C27H24N2O6/c1-27-20(24(32)28(26(27)34)15-7-3-2-4-8-15)13-19-17(22(27)14-6-5-9-16(30)12-14)10-11-18-21(19)25(33)29(35)23(18)31/h2-10,12,18-22,30,35H,11,13H2,1H3/t18-,19+,20-,21-,22-,27+/m0/s1. The van der Waals surface area contributed by atoms with E-state index >= 15 is 0 Å². The van der Waals surface area contributed by atoms with Crippen LogP contribution in [0.1, 0.15) is 31.2 Å². The lowest BCUT2D eigenvalue weighted by atomic mass is 9.51. The van der Waals surface area contributed by atoms with Crippen molar-refractivity contribution in [2.75, 3.05) is 4.90 Å². The van der Waals surface area contributed by atoms with Crippen molar-refractivity contribution in [3.8, 4) is 5.75 Å². The van der Waals surface area contributed by atoms with Crippen LogP contribution in [0.5, 0.6) is 5.75 Å². The van der Waals surface area contributed by atoms with Gasteiger partial charge in [0.25, 0.3) is 11.8 Å². The van der Waals surface area contributed by atoms with Crippen LogP contribution >= 0.6 is 0 Å². The van der Waals surface area contributed by atoms with Crippen LogP contribution in [-0.4, -0.2) is 39.0 Å². The second kappa shape index (κ2) is 7.36. The monoisotopic (exact) mass is 472 g/mol. The maximum absolute atomic E-state index is 14.1. The number of nitrogens with zero attached hydrogens (tertiary/aromatic N) is 2. The highest BCUT2D eigenvalue weighted by atomic mass is 16.5. The molecule has 4 aliphatic rings. The van der Waals surface area contributed by atoms with E-state index in [1.807, 2.05) is 18.2 Å². The molecule has 0 spiro atoms. The summed E-state index contributed by atoms with van der Waals surface area (Å²) < 4.78 is 0. The second-order valence-electron chi connectivity index (χ2n) is 10.1. The number of aromatic hydroxyl groups is 1. The second-order valence-corrected chi connectivity index (χ2v) is 10.1. The van der Waals surface area contributed by atoms with E-state index < -0.39 is 46.8 Å². The Morgan fingerprint density at radius 2 is 1.66 bits per heavy atom. The van der Waals surface area contributed by atoms with E-state index in [9.17, 15) is 29.5 Å². The van der Waals surface area contributed by atoms with Crippen LogP contribution < -0.4 is 4.90 Å². The van der Waals surface area contributed by atoms with Crippen LogP contribution in [0.15, 0.2) is 66.2 Å². The van der Waals surface area contributed by atoms with Crippen molar-refractivity contribution >= 4 is 29.3 Å². The van der Waals surface area contributed by atoms with Gasteiger partial charge in [0, 0.05) is 5.92 Å². The fourth-order valence-corrected chi connectivity index (χ4v) is 6.91. The van der Waals surface area contributed by atoms with Crippen LogP contribution in [0, 0.1) is 29.1 Å². The number of hydrogen-bond donors (Lipinski definition) is 2. The van der Waals surface area contributed by atoms with E-state index in [1.165, 1.54) is 11.0 Å². The molecular formula is C27H24N2O6. The van der Waals surface area contributed by atoms with Gasteiger partial charge in [-0.1, -0.05) is 42.0 Å². The number of anilines is 1. The van der Waals surface area contributed by atoms with Gasteiger partial charge in [-0.05, 0) is 55.5 Å². The Hall–Kier alpha value is -3.78. The van der Waals surface area contributed by atoms with E-state index in [4.69, 9.17) is 0 Å². The number of fused-ring (bicyclic) bond motifs is 4. The summed E-state index contributed by atoms with van der Waals surface area (Å²) >= 11 is 0. The summed E-state index contributed by atoms with van der Waals surface area (Å²) in [5.74, 6) is -5.20. The SMILES string of the molecule is C[C@@]12C(=O)N(c3ccccc3)C(=O)[C@@H]1C[C@@H]1C(=CC[C@@H]3C(=O)N(O)C(=O)[C@@H]31)[C@@H]2c1cccc(O)c1. The summed E-state index contributed by atoms with van der Waals surface area (Å²) in [5, 5.41) is 20.5. The lowest BCUT2D eigenvalue weighted by Crippen LogP contribution is -2.48. The van der Waals surface area contributed by atoms with Crippen LogP contribution in [0.3, 0.4) is 0 Å². The molecule has 4 amide bonds.